The van der Waals surface area contributed by atoms with Crippen molar-refractivity contribution in [3.05, 3.63) is 35.4 Å². The fourth-order valence-electron chi connectivity index (χ4n) is 3.44. The van der Waals surface area contributed by atoms with Crippen molar-refractivity contribution in [3.63, 3.8) is 0 Å². The Labute approximate surface area is 148 Å². The molecule has 0 saturated carbocycles. The number of fused-ring (bicyclic) bond motifs is 2. The molecule has 0 bridgehead atoms. The zero-order chi connectivity index (χ0) is 18.6. The van der Waals surface area contributed by atoms with Gasteiger partial charge in [-0.1, -0.05) is 12.1 Å². The second-order valence-electron chi connectivity index (χ2n) is 6.77. The van der Waals surface area contributed by atoms with Crippen LogP contribution in [0.5, 0.6) is 0 Å². The minimum Gasteiger partial charge on any atom is -0.479 e. The number of carbonyl (C=O) groups is 3. The number of imide groups is 1. The molecule has 3 aliphatic heterocycles. The fraction of sp³-hybridized carbons (Fsp3) is 0.471. The van der Waals surface area contributed by atoms with Gasteiger partial charge in [-0.2, -0.15) is 0 Å². The highest BCUT2D eigenvalue weighted by molar-refractivity contribution is 6.20. The van der Waals surface area contributed by atoms with Crippen molar-refractivity contribution in [2.24, 2.45) is 5.92 Å². The summed E-state index contributed by atoms with van der Waals surface area (Å²) >= 11 is 0. The molecule has 1 aromatic carbocycles. The summed E-state index contributed by atoms with van der Waals surface area (Å²) in [6.45, 7) is 3.13. The van der Waals surface area contributed by atoms with E-state index in [0.717, 1.165) is 0 Å². The highest BCUT2D eigenvalue weighted by Gasteiger charge is 2.57. The number of ether oxygens (including phenoxy) is 3. The van der Waals surface area contributed by atoms with Crippen LogP contribution < -0.4 is 0 Å². The first-order chi connectivity index (χ1) is 12.3. The van der Waals surface area contributed by atoms with E-state index >= 15 is 0 Å². The van der Waals surface area contributed by atoms with E-state index in [9.17, 15) is 19.5 Å². The second-order valence-corrected chi connectivity index (χ2v) is 6.77. The van der Waals surface area contributed by atoms with Gasteiger partial charge in [0.05, 0.1) is 23.7 Å². The molecule has 2 saturated heterocycles. The maximum atomic E-state index is 12.3. The number of benzene rings is 1. The molecule has 138 valence electrons. The Morgan fingerprint density at radius 1 is 1.19 bits per heavy atom. The lowest BCUT2D eigenvalue weighted by atomic mass is 9.99. The van der Waals surface area contributed by atoms with Crippen LogP contribution in [0, 0.1) is 5.92 Å². The number of rotatable bonds is 4. The zero-order valence-electron chi connectivity index (χ0n) is 14.1. The Morgan fingerprint density at radius 2 is 1.81 bits per heavy atom. The first kappa shape index (κ1) is 17.1. The maximum Gasteiger partial charge on any atom is 0.333 e. The van der Waals surface area contributed by atoms with Gasteiger partial charge in [0.15, 0.2) is 18.2 Å². The number of hydrogen-bond donors (Lipinski definition) is 1. The Kier molecular flexibility index (Phi) is 3.85. The molecule has 0 radical (unpaired) electrons. The molecule has 4 atom stereocenters. The van der Waals surface area contributed by atoms with Crippen LogP contribution in [0.1, 0.15) is 34.6 Å². The molecule has 0 aliphatic carbocycles. The van der Waals surface area contributed by atoms with E-state index in [1.165, 1.54) is 12.1 Å². The quantitative estimate of drug-likeness (QED) is 0.782. The first-order valence-corrected chi connectivity index (χ1v) is 8.13. The van der Waals surface area contributed by atoms with Crippen LogP contribution in [-0.4, -0.2) is 58.8 Å². The smallest absolute Gasteiger partial charge is 0.333 e. The van der Waals surface area contributed by atoms with E-state index in [4.69, 9.17) is 19.0 Å². The van der Waals surface area contributed by atoms with Gasteiger partial charge in [0.2, 0.25) is 0 Å². The van der Waals surface area contributed by atoms with E-state index in [1.807, 2.05) is 0 Å². The molecule has 9 nitrogen and oxygen atoms in total. The third-order valence-corrected chi connectivity index (χ3v) is 4.58. The number of carbonyl (C=O) groups excluding carboxylic acids is 2. The summed E-state index contributed by atoms with van der Waals surface area (Å²) in [5, 5.41) is 10.0. The SMILES string of the molecule is CC1(C)O[C@H]2O[C@H](C(=O)O)[C@@H](CON3C(=O)c4ccccc4C3=O)[C@H]2O1. The van der Waals surface area contributed by atoms with Crippen LogP contribution in [0.3, 0.4) is 0 Å². The molecule has 2 amide bonds. The monoisotopic (exact) mass is 363 g/mol. The third-order valence-electron chi connectivity index (χ3n) is 4.58. The third kappa shape index (κ3) is 2.60. The average Bonchev–Trinajstić information content (AvgIpc) is 3.14. The van der Waals surface area contributed by atoms with E-state index in [1.54, 1.807) is 26.0 Å². The van der Waals surface area contributed by atoms with E-state index in [2.05, 4.69) is 0 Å². The van der Waals surface area contributed by atoms with Crippen molar-refractivity contribution in [1.82, 2.24) is 5.06 Å². The highest BCUT2D eigenvalue weighted by Crippen LogP contribution is 2.41. The van der Waals surface area contributed by atoms with Crippen LogP contribution in [0.25, 0.3) is 0 Å². The normalized spacial score (nSPS) is 32.0. The van der Waals surface area contributed by atoms with Crippen LogP contribution in [-0.2, 0) is 23.8 Å². The van der Waals surface area contributed by atoms with Crippen molar-refractivity contribution in [3.8, 4) is 0 Å². The van der Waals surface area contributed by atoms with Crippen molar-refractivity contribution < 1.29 is 38.5 Å². The molecule has 1 N–H and O–H groups in total. The van der Waals surface area contributed by atoms with Gasteiger partial charge in [-0.15, -0.1) is 5.06 Å². The summed E-state index contributed by atoms with van der Waals surface area (Å²) in [6.07, 6.45) is -2.75. The molecular weight excluding hydrogens is 346 g/mol. The molecule has 9 heteroatoms. The molecule has 0 unspecified atom stereocenters. The number of amides is 2. The van der Waals surface area contributed by atoms with Crippen molar-refractivity contribution in [2.45, 2.75) is 38.1 Å². The molecule has 2 fully saturated rings. The summed E-state index contributed by atoms with van der Waals surface area (Å²) in [6, 6.07) is 6.36. The predicted octanol–water partition coefficient (Wildman–Crippen LogP) is 0.791. The summed E-state index contributed by atoms with van der Waals surface area (Å²) in [5.74, 6) is -4.04. The minimum atomic E-state index is -1.23. The summed E-state index contributed by atoms with van der Waals surface area (Å²) in [7, 11) is 0. The molecule has 4 rings (SSSR count). The first-order valence-electron chi connectivity index (χ1n) is 8.13. The molecule has 26 heavy (non-hydrogen) atoms. The summed E-state index contributed by atoms with van der Waals surface area (Å²) < 4.78 is 16.7. The van der Waals surface area contributed by atoms with Gasteiger partial charge in [-0.05, 0) is 26.0 Å². The van der Waals surface area contributed by atoms with E-state index in [0.29, 0.717) is 5.06 Å². The molecular formula is C17H17NO8. The topological polar surface area (TPSA) is 112 Å². The van der Waals surface area contributed by atoms with Crippen LogP contribution in [0.15, 0.2) is 24.3 Å². The van der Waals surface area contributed by atoms with Gasteiger partial charge < -0.3 is 19.3 Å². The lowest BCUT2D eigenvalue weighted by Gasteiger charge is -2.24. The van der Waals surface area contributed by atoms with Gasteiger partial charge in [-0.3, -0.25) is 14.4 Å². The molecule has 0 aromatic heterocycles. The zero-order valence-corrected chi connectivity index (χ0v) is 14.1. The molecule has 1 aromatic rings. The Bertz CT molecular complexity index is 756. The lowest BCUT2D eigenvalue weighted by Crippen LogP contribution is -2.40. The number of hydrogen-bond acceptors (Lipinski definition) is 7. The van der Waals surface area contributed by atoms with Crippen molar-refractivity contribution in [1.29, 1.82) is 0 Å². The Hall–Kier alpha value is -2.33. The van der Waals surface area contributed by atoms with Crippen LogP contribution in [0.2, 0.25) is 0 Å². The van der Waals surface area contributed by atoms with Crippen LogP contribution in [0.4, 0.5) is 0 Å². The molecule has 3 aliphatic rings. The number of carboxylic acid groups (broad SMARTS) is 1. The number of nitrogens with zero attached hydrogens (tertiary/aromatic N) is 1. The highest BCUT2D eigenvalue weighted by atomic mass is 16.8. The van der Waals surface area contributed by atoms with Gasteiger partial charge in [0.25, 0.3) is 11.8 Å². The Balaban J connectivity index is 1.51. The van der Waals surface area contributed by atoms with Crippen LogP contribution >= 0.6 is 0 Å². The maximum absolute atomic E-state index is 12.3. The summed E-state index contributed by atoms with van der Waals surface area (Å²) in [4.78, 5) is 41.5. The number of aliphatic carboxylic acids is 1. The average molecular weight is 363 g/mol. The predicted molar refractivity (Wildman–Crippen MR) is 82.7 cm³/mol. The minimum absolute atomic E-state index is 0.245. The summed E-state index contributed by atoms with van der Waals surface area (Å²) in [5.41, 5.74) is 0.490. The molecule has 3 heterocycles. The second kappa shape index (κ2) is 5.85. The van der Waals surface area contributed by atoms with Gasteiger partial charge in [-0.25, -0.2) is 4.79 Å². The van der Waals surface area contributed by atoms with Crippen molar-refractivity contribution >= 4 is 17.8 Å². The van der Waals surface area contributed by atoms with Gasteiger partial charge in [0, 0.05) is 0 Å². The van der Waals surface area contributed by atoms with E-state index in [-0.39, 0.29) is 17.7 Å². The van der Waals surface area contributed by atoms with Gasteiger partial charge >= 0.3 is 5.97 Å². The number of carboxylic acids is 1. The van der Waals surface area contributed by atoms with Crippen molar-refractivity contribution in [2.75, 3.05) is 6.61 Å². The molecule has 0 spiro atoms. The lowest BCUT2D eigenvalue weighted by molar-refractivity contribution is -0.219. The van der Waals surface area contributed by atoms with E-state index < -0.39 is 48.0 Å². The van der Waals surface area contributed by atoms with Gasteiger partial charge in [0.1, 0.15) is 6.10 Å². The largest absolute Gasteiger partial charge is 0.479 e. The standard InChI is InChI=1S/C17H17NO8/c1-17(2)25-12-10(11(15(21)22)24-16(12)26-17)7-23-18-13(19)8-5-3-4-6-9(8)14(18)20/h3-6,10-12,16H,7H2,1-2H3,(H,21,22)/t10-,11+,12-,16-/m1/s1. The number of hydroxylamine groups is 2. The Morgan fingerprint density at radius 3 is 2.38 bits per heavy atom. The fourth-order valence-corrected chi connectivity index (χ4v) is 3.44.